The molecule has 1 heteroatoms. The van der Waals surface area contributed by atoms with Gasteiger partial charge in [-0.15, -0.1) is 0 Å². The Bertz CT molecular complexity index is 404. The molecule has 0 N–H and O–H groups in total. The van der Waals surface area contributed by atoms with Crippen LogP contribution in [0.1, 0.15) is 136 Å². The lowest BCUT2D eigenvalue weighted by Gasteiger charge is -2.43. The Kier molecular flexibility index (Phi) is 10.8. The Labute approximate surface area is 170 Å². The summed E-state index contributed by atoms with van der Waals surface area (Å²) in [4.78, 5) is 0. The van der Waals surface area contributed by atoms with Crippen LogP contribution >= 0.6 is 0 Å². The van der Waals surface area contributed by atoms with Crippen molar-refractivity contribution in [1.82, 2.24) is 0 Å². The first-order valence-electron chi connectivity index (χ1n) is 12.6. The van der Waals surface area contributed by atoms with Crippen LogP contribution in [-0.4, -0.2) is 0 Å². The monoisotopic (exact) mass is 373 g/mol. The summed E-state index contributed by atoms with van der Waals surface area (Å²) in [6.07, 6.45) is 26.1. The lowest BCUT2D eigenvalue weighted by Crippen LogP contribution is -2.36. The largest absolute Gasteiger partial charge is 0.198 e. The van der Waals surface area contributed by atoms with E-state index < -0.39 is 0 Å². The molecule has 0 radical (unpaired) electrons. The molecular formula is C26H47N. The molecule has 0 aromatic rings. The molecule has 0 aromatic carbocycles. The highest BCUT2D eigenvalue weighted by Gasteiger charge is 2.43. The molecule has 2 aliphatic carbocycles. The quantitative estimate of drug-likeness (QED) is 0.313. The van der Waals surface area contributed by atoms with Gasteiger partial charge in [-0.3, -0.25) is 0 Å². The smallest absolute Gasteiger partial charge is 0.0692 e. The van der Waals surface area contributed by atoms with Crippen LogP contribution in [0.5, 0.6) is 0 Å². The predicted molar refractivity (Wildman–Crippen MR) is 118 cm³/mol. The van der Waals surface area contributed by atoms with E-state index in [1.165, 1.54) is 122 Å². The summed E-state index contributed by atoms with van der Waals surface area (Å²) in [5.74, 6) is 2.59. The van der Waals surface area contributed by atoms with E-state index in [9.17, 15) is 5.26 Å². The fourth-order valence-corrected chi connectivity index (χ4v) is 5.99. The van der Waals surface area contributed by atoms with E-state index >= 15 is 0 Å². The van der Waals surface area contributed by atoms with Gasteiger partial charge in [0.1, 0.15) is 0 Å². The molecule has 0 unspecified atom stereocenters. The maximum Gasteiger partial charge on any atom is 0.0692 e. The van der Waals surface area contributed by atoms with Gasteiger partial charge in [0.15, 0.2) is 0 Å². The van der Waals surface area contributed by atoms with Gasteiger partial charge in [0.2, 0.25) is 0 Å². The lowest BCUT2D eigenvalue weighted by atomic mass is 9.59. The van der Waals surface area contributed by atoms with Crippen LogP contribution in [0.4, 0.5) is 0 Å². The SMILES string of the molecule is CCCCCCCC1CCC([C@]2(C#N)CC[C@@H](CCCCCC)CC2)CC1. The van der Waals surface area contributed by atoms with Gasteiger partial charge in [-0.05, 0) is 56.3 Å². The molecule has 2 aliphatic rings. The first-order valence-corrected chi connectivity index (χ1v) is 12.6. The third kappa shape index (κ3) is 7.44. The van der Waals surface area contributed by atoms with Gasteiger partial charge in [0.05, 0.1) is 11.5 Å². The van der Waals surface area contributed by atoms with E-state index in [4.69, 9.17) is 0 Å². The van der Waals surface area contributed by atoms with Crippen molar-refractivity contribution in [2.24, 2.45) is 23.2 Å². The minimum Gasteiger partial charge on any atom is -0.198 e. The molecule has 2 fully saturated rings. The van der Waals surface area contributed by atoms with Gasteiger partial charge in [-0.2, -0.15) is 5.26 Å². The van der Waals surface area contributed by atoms with Gasteiger partial charge < -0.3 is 0 Å². The van der Waals surface area contributed by atoms with Crippen molar-refractivity contribution in [2.75, 3.05) is 0 Å². The zero-order valence-electron chi connectivity index (χ0n) is 18.6. The molecule has 0 amide bonds. The Balaban J connectivity index is 1.67. The van der Waals surface area contributed by atoms with Gasteiger partial charge in [0.25, 0.3) is 0 Å². The number of nitriles is 1. The second-order valence-corrected chi connectivity index (χ2v) is 9.98. The molecule has 156 valence electrons. The average Bonchev–Trinajstić information content (AvgIpc) is 2.72. The fourth-order valence-electron chi connectivity index (χ4n) is 5.99. The molecule has 0 saturated heterocycles. The van der Waals surface area contributed by atoms with E-state index in [2.05, 4.69) is 19.9 Å². The van der Waals surface area contributed by atoms with Gasteiger partial charge in [-0.1, -0.05) is 97.3 Å². The highest BCUT2D eigenvalue weighted by molar-refractivity contribution is 5.06. The number of hydrogen-bond acceptors (Lipinski definition) is 1. The van der Waals surface area contributed by atoms with Crippen molar-refractivity contribution in [1.29, 1.82) is 5.26 Å². The van der Waals surface area contributed by atoms with Crippen LogP contribution in [0.15, 0.2) is 0 Å². The van der Waals surface area contributed by atoms with Crippen LogP contribution in [0.3, 0.4) is 0 Å². The van der Waals surface area contributed by atoms with Crippen molar-refractivity contribution < 1.29 is 0 Å². The Morgan fingerprint density at radius 3 is 1.67 bits per heavy atom. The minimum absolute atomic E-state index is 0.0476. The highest BCUT2D eigenvalue weighted by Crippen LogP contribution is 2.51. The molecule has 0 aliphatic heterocycles. The number of unbranched alkanes of at least 4 members (excludes halogenated alkanes) is 7. The second-order valence-electron chi connectivity index (χ2n) is 9.98. The normalized spacial score (nSPS) is 31.5. The molecule has 2 rings (SSSR count). The second kappa shape index (κ2) is 12.9. The summed E-state index contributed by atoms with van der Waals surface area (Å²) >= 11 is 0. The zero-order valence-corrected chi connectivity index (χ0v) is 18.6. The first-order chi connectivity index (χ1) is 13.2. The van der Waals surface area contributed by atoms with Crippen molar-refractivity contribution >= 4 is 0 Å². The highest BCUT2D eigenvalue weighted by atomic mass is 14.5. The molecule has 1 nitrogen and oxygen atoms in total. The summed E-state index contributed by atoms with van der Waals surface area (Å²) in [6.45, 7) is 4.59. The van der Waals surface area contributed by atoms with Crippen molar-refractivity contribution in [3.8, 4) is 6.07 Å². The third-order valence-corrected chi connectivity index (χ3v) is 8.03. The van der Waals surface area contributed by atoms with E-state index in [1.807, 2.05) is 0 Å². The predicted octanol–water partition coefficient (Wildman–Crippen LogP) is 8.82. The Hall–Kier alpha value is -0.510. The molecule has 2 saturated carbocycles. The van der Waals surface area contributed by atoms with E-state index in [0.29, 0.717) is 5.92 Å². The Morgan fingerprint density at radius 1 is 0.667 bits per heavy atom. The van der Waals surface area contributed by atoms with Crippen LogP contribution in [0, 0.1) is 34.5 Å². The standard InChI is InChI=1S/C26H47N/c1-3-5-7-9-11-12-23-14-16-25(17-15-23)26(22-27)20-18-24(19-21-26)13-10-8-6-4-2/h23-25H,3-21H2,1-2H3/t23?,24-,25?,26-. The first kappa shape index (κ1) is 22.8. The summed E-state index contributed by atoms with van der Waals surface area (Å²) in [5, 5.41) is 10.1. The lowest BCUT2D eigenvalue weighted by molar-refractivity contribution is 0.0842. The fraction of sp³-hybridized carbons (Fsp3) is 0.962. The number of hydrogen-bond donors (Lipinski definition) is 0. The molecule has 0 bridgehead atoms. The van der Waals surface area contributed by atoms with Crippen LogP contribution in [0.2, 0.25) is 0 Å². The van der Waals surface area contributed by atoms with Crippen LogP contribution in [0.25, 0.3) is 0 Å². The molecular weight excluding hydrogens is 326 g/mol. The molecule has 0 heterocycles. The van der Waals surface area contributed by atoms with Crippen LogP contribution in [-0.2, 0) is 0 Å². The van der Waals surface area contributed by atoms with E-state index in [0.717, 1.165) is 11.8 Å². The Morgan fingerprint density at radius 2 is 1.15 bits per heavy atom. The van der Waals surface area contributed by atoms with Crippen molar-refractivity contribution in [2.45, 2.75) is 136 Å². The van der Waals surface area contributed by atoms with E-state index in [1.54, 1.807) is 0 Å². The van der Waals surface area contributed by atoms with Gasteiger partial charge in [-0.25, -0.2) is 0 Å². The summed E-state index contributed by atoms with van der Waals surface area (Å²) in [6, 6.07) is 2.87. The van der Waals surface area contributed by atoms with Crippen molar-refractivity contribution in [3.05, 3.63) is 0 Å². The minimum atomic E-state index is 0.0476. The average molecular weight is 374 g/mol. The topological polar surface area (TPSA) is 23.8 Å². The van der Waals surface area contributed by atoms with E-state index in [-0.39, 0.29) is 5.41 Å². The van der Waals surface area contributed by atoms with Gasteiger partial charge in [0, 0.05) is 0 Å². The van der Waals surface area contributed by atoms with Gasteiger partial charge >= 0.3 is 0 Å². The van der Waals surface area contributed by atoms with Crippen LogP contribution < -0.4 is 0 Å². The van der Waals surface area contributed by atoms with Crippen molar-refractivity contribution in [3.63, 3.8) is 0 Å². The number of nitrogens with zero attached hydrogens (tertiary/aromatic N) is 1. The molecule has 0 atom stereocenters. The summed E-state index contributed by atoms with van der Waals surface area (Å²) in [5.41, 5.74) is 0.0476. The number of rotatable bonds is 12. The summed E-state index contributed by atoms with van der Waals surface area (Å²) < 4.78 is 0. The zero-order chi connectivity index (χ0) is 19.4. The summed E-state index contributed by atoms with van der Waals surface area (Å²) in [7, 11) is 0. The molecule has 0 aromatic heterocycles. The third-order valence-electron chi connectivity index (χ3n) is 8.03. The maximum atomic E-state index is 10.1. The maximum absolute atomic E-state index is 10.1. The molecule has 27 heavy (non-hydrogen) atoms. The molecule has 0 spiro atoms.